The molecule has 0 bridgehead atoms. The van der Waals surface area contributed by atoms with Crippen LogP contribution in [0.4, 0.5) is 11.4 Å². The van der Waals surface area contributed by atoms with Crippen LogP contribution in [-0.4, -0.2) is 47.4 Å². The van der Waals surface area contributed by atoms with Crippen molar-refractivity contribution in [1.82, 2.24) is 0 Å². The number of anilines is 2. The number of carbonyl (C=O) groups is 6. The molecule has 0 aromatic heterocycles. The Morgan fingerprint density at radius 3 is 1.58 bits per heavy atom. The quantitative estimate of drug-likeness (QED) is 0.103. The Morgan fingerprint density at radius 2 is 1.07 bits per heavy atom. The van der Waals surface area contributed by atoms with Crippen molar-refractivity contribution in [2.45, 2.75) is 18.8 Å². The Hall–Kier alpha value is -6.94. The lowest BCUT2D eigenvalue weighted by atomic mass is 9.57. The van der Waals surface area contributed by atoms with E-state index in [-0.39, 0.29) is 41.8 Å². The van der Waals surface area contributed by atoms with Gasteiger partial charge in [0.15, 0.2) is 23.1 Å². The van der Waals surface area contributed by atoms with Gasteiger partial charge in [0.2, 0.25) is 23.6 Å². The number of rotatable bonds is 8. The van der Waals surface area contributed by atoms with Gasteiger partial charge in [-0.1, -0.05) is 78.4 Å². The van der Waals surface area contributed by atoms with E-state index in [2.05, 4.69) is 0 Å². The maximum absolute atomic E-state index is 14.6. The number of methoxy groups -OCH3 is 1. The summed E-state index contributed by atoms with van der Waals surface area (Å²) in [6.45, 7) is 0. The number of amides is 4. The number of fused-ring (bicyclic) bond motifs is 4. The van der Waals surface area contributed by atoms with Crippen LogP contribution in [0.5, 0.6) is 11.5 Å². The van der Waals surface area contributed by atoms with Gasteiger partial charge in [-0.3, -0.25) is 38.6 Å². The molecule has 4 aliphatic rings. The molecular weight excluding hydrogens is 721 g/mol. The molecule has 2 saturated heterocycles. The first kappa shape index (κ1) is 35.7. The highest BCUT2D eigenvalue weighted by Gasteiger charge is 2.62. The van der Waals surface area contributed by atoms with E-state index in [1.807, 2.05) is 18.2 Å². The van der Waals surface area contributed by atoms with Gasteiger partial charge in [0.1, 0.15) is 0 Å². The molecule has 6 atom stereocenters. The van der Waals surface area contributed by atoms with E-state index in [0.717, 1.165) is 5.57 Å². The van der Waals surface area contributed by atoms with E-state index in [1.165, 1.54) is 23.0 Å². The van der Waals surface area contributed by atoms with E-state index in [9.17, 15) is 33.9 Å². The number of phenolic OH excluding ortho intramolecular Hbond substituents is 1. The number of phenols is 1. The first-order valence-electron chi connectivity index (χ1n) is 18.9. The summed E-state index contributed by atoms with van der Waals surface area (Å²) in [7, 11) is 1.43. The van der Waals surface area contributed by atoms with Crippen molar-refractivity contribution in [3.8, 4) is 11.5 Å². The molecule has 2 heterocycles. The number of benzene rings is 5. The lowest BCUT2D eigenvalue weighted by Crippen LogP contribution is -2.43. The lowest BCUT2D eigenvalue weighted by molar-refractivity contribution is -0.126. The van der Waals surface area contributed by atoms with Gasteiger partial charge in [0, 0.05) is 28.2 Å². The summed E-state index contributed by atoms with van der Waals surface area (Å²) in [5, 5.41) is 10.9. The third kappa shape index (κ3) is 5.78. The maximum atomic E-state index is 14.6. The van der Waals surface area contributed by atoms with E-state index >= 15 is 0 Å². The number of allylic oxidation sites excluding steroid dienone is 2. The van der Waals surface area contributed by atoms with E-state index in [0.29, 0.717) is 39.2 Å². The second kappa shape index (κ2) is 14.0. The van der Waals surface area contributed by atoms with Gasteiger partial charge in [0.05, 0.1) is 42.2 Å². The van der Waals surface area contributed by atoms with Gasteiger partial charge in [-0.25, -0.2) is 0 Å². The van der Waals surface area contributed by atoms with Crippen molar-refractivity contribution in [3.05, 3.63) is 167 Å². The van der Waals surface area contributed by atoms with Crippen LogP contribution >= 0.6 is 0 Å². The molecule has 0 spiro atoms. The van der Waals surface area contributed by atoms with E-state index in [1.54, 1.807) is 109 Å². The van der Waals surface area contributed by atoms with Gasteiger partial charge >= 0.3 is 0 Å². The molecule has 1 saturated carbocycles. The monoisotopic (exact) mass is 756 g/mol. The van der Waals surface area contributed by atoms with Crippen LogP contribution in [-0.2, 0) is 19.2 Å². The van der Waals surface area contributed by atoms with E-state index in [4.69, 9.17) is 4.74 Å². The number of ketones is 2. The molecule has 0 radical (unpaired) electrons. The van der Waals surface area contributed by atoms with Crippen LogP contribution in [0.25, 0.3) is 0 Å². The van der Waals surface area contributed by atoms with Crippen LogP contribution < -0.4 is 14.5 Å². The number of imide groups is 2. The fraction of sp³-hybridized carbons (Fsp3) is 0.191. The van der Waals surface area contributed by atoms with Crippen LogP contribution in [0.1, 0.15) is 56.2 Å². The second-order valence-electron chi connectivity index (χ2n) is 15.0. The number of nitrogens with zero attached hydrogens (tertiary/aromatic N) is 2. The van der Waals surface area contributed by atoms with Crippen LogP contribution in [0, 0.1) is 29.6 Å². The van der Waals surface area contributed by atoms with Gasteiger partial charge in [0.25, 0.3) is 0 Å². The molecule has 1 N–H and O–H groups in total. The summed E-state index contributed by atoms with van der Waals surface area (Å²) >= 11 is 0. The Labute approximate surface area is 328 Å². The average molecular weight is 757 g/mol. The normalized spacial score (nSPS) is 23.8. The molecule has 10 heteroatoms. The minimum atomic E-state index is -0.854. The summed E-state index contributed by atoms with van der Waals surface area (Å²) in [6, 6.07) is 35.3. The molecule has 5 aromatic carbocycles. The van der Waals surface area contributed by atoms with Gasteiger partial charge in [-0.2, -0.15) is 0 Å². The smallest absolute Gasteiger partial charge is 0.238 e. The van der Waals surface area contributed by atoms with Crippen molar-refractivity contribution in [2.24, 2.45) is 29.6 Å². The van der Waals surface area contributed by atoms with Crippen LogP contribution in [0.3, 0.4) is 0 Å². The highest BCUT2D eigenvalue weighted by molar-refractivity contribution is 6.24. The largest absolute Gasteiger partial charge is 0.504 e. The van der Waals surface area contributed by atoms with E-state index < -0.39 is 53.2 Å². The molecule has 9 rings (SSSR count). The minimum Gasteiger partial charge on any atom is -0.504 e. The minimum absolute atomic E-state index is 0.136. The fourth-order valence-corrected chi connectivity index (χ4v) is 9.41. The SMILES string of the molecule is COc1ccc(C2C3=CCC4C(=O)N(c5ccc(C(=O)c6ccccc6)cc5)C(=O)C4C3CC3C(=O)N(c4ccc(C(=O)c5ccccc5)cc4)C(=O)C32)cc1O. The highest BCUT2D eigenvalue weighted by atomic mass is 16.5. The molecule has 3 fully saturated rings. The van der Waals surface area contributed by atoms with Gasteiger partial charge in [-0.05, 0) is 85.0 Å². The van der Waals surface area contributed by atoms with Crippen molar-refractivity contribution in [3.63, 3.8) is 0 Å². The Morgan fingerprint density at radius 1 is 0.579 bits per heavy atom. The Balaban J connectivity index is 1.05. The topological polar surface area (TPSA) is 138 Å². The molecular formula is C47H36N2O8. The molecule has 57 heavy (non-hydrogen) atoms. The van der Waals surface area contributed by atoms with Crippen molar-refractivity contribution < 1.29 is 38.6 Å². The average Bonchev–Trinajstić information content (AvgIpc) is 3.66. The Bertz CT molecular complexity index is 2510. The standard InChI is InChI=1S/C47H36N2O8/c1-57-38-23-16-30(24-37(38)50)39-33-21-22-34-40(46(55)48(44(34)53)31-17-12-28(13-18-31)42(51)26-8-4-2-5-9-26)35(33)25-36-41(39)47(56)49(45(36)54)32-19-14-29(15-20-32)43(52)27-10-6-3-7-11-27/h2-21,23-24,34-36,39-41,50H,22,25H2,1H3. The second-order valence-corrected chi connectivity index (χ2v) is 15.0. The zero-order valence-electron chi connectivity index (χ0n) is 30.8. The summed E-state index contributed by atoms with van der Waals surface area (Å²) < 4.78 is 5.30. The number of hydrogen-bond donors (Lipinski definition) is 1. The van der Waals surface area contributed by atoms with Crippen molar-refractivity contribution in [1.29, 1.82) is 0 Å². The van der Waals surface area contributed by atoms with Crippen molar-refractivity contribution in [2.75, 3.05) is 16.9 Å². The summed E-state index contributed by atoms with van der Waals surface area (Å²) in [5.41, 5.74) is 3.89. The molecule has 6 unspecified atom stereocenters. The zero-order valence-corrected chi connectivity index (χ0v) is 30.8. The number of hydrogen-bond acceptors (Lipinski definition) is 8. The molecule has 2 aliphatic heterocycles. The third-order valence-corrected chi connectivity index (χ3v) is 12.1. The summed E-state index contributed by atoms with van der Waals surface area (Å²) in [4.78, 5) is 86.2. The van der Waals surface area contributed by atoms with Gasteiger partial charge in [-0.15, -0.1) is 0 Å². The first-order chi connectivity index (χ1) is 27.7. The first-order valence-corrected chi connectivity index (χ1v) is 18.9. The summed E-state index contributed by atoms with van der Waals surface area (Å²) in [5.74, 6) is -6.28. The maximum Gasteiger partial charge on any atom is 0.238 e. The molecule has 4 amide bonds. The molecule has 282 valence electrons. The van der Waals surface area contributed by atoms with Crippen LogP contribution in [0.15, 0.2) is 139 Å². The summed E-state index contributed by atoms with van der Waals surface area (Å²) in [6.07, 6.45) is 2.36. The molecule has 10 nitrogen and oxygen atoms in total. The lowest BCUT2D eigenvalue weighted by Gasteiger charge is -2.44. The van der Waals surface area contributed by atoms with Crippen molar-refractivity contribution >= 4 is 46.6 Å². The number of carbonyl (C=O) groups excluding carboxylic acids is 6. The number of aromatic hydroxyl groups is 1. The fourth-order valence-electron chi connectivity index (χ4n) is 9.41. The predicted molar refractivity (Wildman–Crippen MR) is 210 cm³/mol. The molecule has 2 aliphatic carbocycles. The predicted octanol–water partition coefficient (Wildman–Crippen LogP) is 6.91. The van der Waals surface area contributed by atoms with Gasteiger partial charge < -0.3 is 9.84 Å². The zero-order chi connectivity index (χ0) is 39.5. The highest BCUT2D eigenvalue weighted by Crippen LogP contribution is 2.59. The number of ether oxygens (including phenoxy) is 1. The van der Waals surface area contributed by atoms with Crippen LogP contribution in [0.2, 0.25) is 0 Å². The Kier molecular flexibility index (Phi) is 8.76. The third-order valence-electron chi connectivity index (χ3n) is 12.1. The molecule has 5 aromatic rings.